The van der Waals surface area contributed by atoms with Gasteiger partial charge >= 0.3 is 0 Å². The highest BCUT2D eigenvalue weighted by atomic mass is 16.6. The molecule has 17 heavy (non-hydrogen) atoms. The smallest absolute Gasteiger partial charge is 0.267 e. The first-order valence-electron chi connectivity index (χ1n) is 4.99. The van der Waals surface area contributed by atoms with Crippen molar-refractivity contribution in [2.75, 3.05) is 5.48 Å². The Morgan fingerprint density at radius 1 is 1.24 bits per heavy atom. The van der Waals surface area contributed by atoms with Gasteiger partial charge in [-0.25, -0.2) is 5.48 Å². The molecule has 0 fully saturated rings. The highest BCUT2D eigenvalue weighted by Gasteiger charge is 2.03. The lowest BCUT2D eigenvalue weighted by molar-refractivity contribution is 0.0995. The third-order valence-corrected chi connectivity index (χ3v) is 2.04. The van der Waals surface area contributed by atoms with Gasteiger partial charge in [0.05, 0.1) is 5.69 Å². The van der Waals surface area contributed by atoms with Crippen LogP contribution in [-0.2, 0) is 0 Å². The van der Waals surface area contributed by atoms with Gasteiger partial charge in [-0.2, -0.15) is 0 Å². The van der Waals surface area contributed by atoms with Gasteiger partial charge in [0.1, 0.15) is 5.69 Å². The van der Waals surface area contributed by atoms with E-state index in [0.717, 1.165) is 5.69 Å². The molecular formula is C12H11N3O2. The van der Waals surface area contributed by atoms with Crippen LogP contribution in [0.1, 0.15) is 10.5 Å². The number of amides is 1. The molecule has 1 aromatic carbocycles. The fourth-order valence-corrected chi connectivity index (χ4v) is 1.23. The van der Waals surface area contributed by atoms with Gasteiger partial charge in [-0.15, -0.1) is 0 Å². The highest BCUT2D eigenvalue weighted by Crippen LogP contribution is 2.12. The Morgan fingerprint density at radius 2 is 2.00 bits per heavy atom. The minimum absolute atomic E-state index is 0.164. The lowest BCUT2D eigenvalue weighted by Crippen LogP contribution is -2.13. The van der Waals surface area contributed by atoms with E-state index in [4.69, 9.17) is 10.6 Å². The van der Waals surface area contributed by atoms with Crippen LogP contribution in [0.4, 0.5) is 5.69 Å². The van der Waals surface area contributed by atoms with Gasteiger partial charge < -0.3 is 10.6 Å². The highest BCUT2D eigenvalue weighted by molar-refractivity contribution is 5.91. The summed E-state index contributed by atoms with van der Waals surface area (Å²) >= 11 is 0. The number of nitrogens with two attached hydrogens (primary N) is 1. The Morgan fingerprint density at radius 3 is 2.71 bits per heavy atom. The number of nitrogens with one attached hydrogen (secondary N) is 1. The number of primary amides is 1. The molecule has 5 nitrogen and oxygen atoms in total. The van der Waals surface area contributed by atoms with Crippen LogP contribution in [0.2, 0.25) is 0 Å². The number of para-hydroxylation sites is 1. The average molecular weight is 229 g/mol. The molecule has 0 aliphatic carbocycles. The van der Waals surface area contributed by atoms with Crippen LogP contribution < -0.4 is 16.1 Å². The Labute approximate surface area is 98.2 Å². The molecule has 2 rings (SSSR count). The third kappa shape index (κ3) is 2.94. The fraction of sp³-hybridized carbons (Fsp3) is 0. The van der Waals surface area contributed by atoms with E-state index in [1.807, 2.05) is 30.3 Å². The predicted octanol–water partition coefficient (Wildman–Crippen LogP) is 1.59. The molecule has 1 heterocycles. The number of carbonyl (C=O) groups is 1. The molecule has 2 aromatic rings. The molecular weight excluding hydrogens is 218 g/mol. The molecule has 3 N–H and O–H groups in total. The number of hydrogen-bond donors (Lipinski definition) is 2. The van der Waals surface area contributed by atoms with Gasteiger partial charge in [0.15, 0.2) is 5.75 Å². The third-order valence-electron chi connectivity index (χ3n) is 2.04. The number of anilines is 1. The zero-order valence-electron chi connectivity index (χ0n) is 8.96. The fourth-order valence-electron chi connectivity index (χ4n) is 1.23. The second-order valence-electron chi connectivity index (χ2n) is 3.31. The van der Waals surface area contributed by atoms with Crippen molar-refractivity contribution in [2.24, 2.45) is 5.73 Å². The van der Waals surface area contributed by atoms with Crippen molar-refractivity contribution in [3.8, 4) is 5.75 Å². The van der Waals surface area contributed by atoms with Gasteiger partial charge in [-0.1, -0.05) is 18.2 Å². The maximum atomic E-state index is 10.9. The van der Waals surface area contributed by atoms with E-state index >= 15 is 0 Å². The molecule has 0 bridgehead atoms. The minimum atomic E-state index is -0.588. The number of nitrogens with zero attached hydrogens (tertiary/aromatic N) is 1. The summed E-state index contributed by atoms with van der Waals surface area (Å²) in [7, 11) is 0. The molecule has 0 atom stereocenters. The van der Waals surface area contributed by atoms with Gasteiger partial charge in [0.2, 0.25) is 0 Å². The van der Waals surface area contributed by atoms with Crippen LogP contribution in [0.3, 0.4) is 0 Å². The Kier molecular flexibility index (Phi) is 3.20. The Hall–Kier alpha value is -2.56. The summed E-state index contributed by atoms with van der Waals surface area (Å²) in [4.78, 5) is 20.0. The molecule has 0 aliphatic heterocycles. The van der Waals surface area contributed by atoms with E-state index in [0.29, 0.717) is 5.75 Å². The first-order chi connectivity index (χ1) is 8.25. The quantitative estimate of drug-likeness (QED) is 0.780. The Balaban J connectivity index is 2.04. The molecule has 5 heteroatoms. The summed E-state index contributed by atoms with van der Waals surface area (Å²) in [6.45, 7) is 0. The van der Waals surface area contributed by atoms with Gasteiger partial charge in [-0.3, -0.25) is 9.78 Å². The normalized spacial score (nSPS) is 9.65. The van der Waals surface area contributed by atoms with E-state index in [9.17, 15) is 4.79 Å². The molecule has 86 valence electrons. The minimum Gasteiger partial charge on any atom is -0.382 e. The van der Waals surface area contributed by atoms with Gasteiger partial charge in [-0.05, 0) is 12.1 Å². The van der Waals surface area contributed by atoms with E-state index < -0.39 is 5.91 Å². The zero-order valence-corrected chi connectivity index (χ0v) is 8.96. The van der Waals surface area contributed by atoms with Crippen LogP contribution in [0.25, 0.3) is 0 Å². The standard InChI is InChI=1S/C12H11N3O2/c13-12(16)11-8-10(6-7-14-11)17-15-9-4-2-1-3-5-9/h1-8,15H,(H2,13,16). The van der Waals surface area contributed by atoms with Crippen molar-refractivity contribution >= 4 is 11.6 Å². The first-order valence-corrected chi connectivity index (χ1v) is 4.99. The van der Waals surface area contributed by atoms with E-state index in [1.165, 1.54) is 12.3 Å². The second kappa shape index (κ2) is 4.98. The van der Waals surface area contributed by atoms with E-state index in [2.05, 4.69) is 10.5 Å². The second-order valence-corrected chi connectivity index (χ2v) is 3.31. The topological polar surface area (TPSA) is 77.2 Å². The van der Waals surface area contributed by atoms with E-state index in [-0.39, 0.29) is 5.69 Å². The van der Waals surface area contributed by atoms with Gasteiger partial charge in [0, 0.05) is 18.3 Å². The van der Waals surface area contributed by atoms with Crippen LogP contribution in [0.5, 0.6) is 5.75 Å². The molecule has 0 saturated carbocycles. The molecule has 0 saturated heterocycles. The number of carbonyl (C=O) groups excluding carboxylic acids is 1. The summed E-state index contributed by atoms with van der Waals surface area (Å²) in [5.41, 5.74) is 8.83. The summed E-state index contributed by atoms with van der Waals surface area (Å²) < 4.78 is 0. The molecule has 1 aromatic heterocycles. The van der Waals surface area contributed by atoms with Crippen LogP contribution in [0, 0.1) is 0 Å². The van der Waals surface area contributed by atoms with Crippen molar-refractivity contribution in [2.45, 2.75) is 0 Å². The lowest BCUT2D eigenvalue weighted by Gasteiger charge is -2.07. The summed E-state index contributed by atoms with van der Waals surface area (Å²) in [5, 5.41) is 0. The first kappa shape index (κ1) is 10.9. The molecule has 0 aliphatic rings. The zero-order chi connectivity index (χ0) is 12.1. The molecule has 0 spiro atoms. The predicted molar refractivity (Wildman–Crippen MR) is 63.4 cm³/mol. The molecule has 1 amide bonds. The van der Waals surface area contributed by atoms with Crippen molar-refractivity contribution in [3.63, 3.8) is 0 Å². The lowest BCUT2D eigenvalue weighted by atomic mass is 10.3. The maximum absolute atomic E-state index is 10.9. The Bertz CT molecular complexity index is 514. The number of benzene rings is 1. The van der Waals surface area contributed by atoms with Crippen molar-refractivity contribution < 1.29 is 9.63 Å². The number of aromatic nitrogens is 1. The number of pyridine rings is 1. The summed E-state index contributed by atoms with van der Waals surface area (Å²) in [6, 6.07) is 12.5. The van der Waals surface area contributed by atoms with Gasteiger partial charge in [0.25, 0.3) is 5.91 Å². The van der Waals surface area contributed by atoms with Crippen molar-refractivity contribution in [1.82, 2.24) is 4.98 Å². The largest absolute Gasteiger partial charge is 0.382 e. The molecule has 0 unspecified atom stereocenters. The maximum Gasteiger partial charge on any atom is 0.267 e. The van der Waals surface area contributed by atoms with Crippen LogP contribution in [0.15, 0.2) is 48.7 Å². The van der Waals surface area contributed by atoms with E-state index in [1.54, 1.807) is 6.07 Å². The SMILES string of the molecule is NC(=O)c1cc(ONc2ccccc2)ccn1. The van der Waals surface area contributed by atoms with Crippen molar-refractivity contribution in [1.29, 1.82) is 0 Å². The number of rotatable bonds is 4. The van der Waals surface area contributed by atoms with Crippen LogP contribution >= 0.6 is 0 Å². The summed E-state index contributed by atoms with van der Waals surface area (Å²) in [6.07, 6.45) is 1.46. The molecule has 0 radical (unpaired) electrons. The monoisotopic (exact) mass is 229 g/mol. The number of hydrogen-bond acceptors (Lipinski definition) is 4. The average Bonchev–Trinajstić information content (AvgIpc) is 2.38. The van der Waals surface area contributed by atoms with Crippen LogP contribution in [-0.4, -0.2) is 10.9 Å². The summed E-state index contributed by atoms with van der Waals surface area (Å²) in [5.74, 6) is -0.118. The van der Waals surface area contributed by atoms with Crippen molar-refractivity contribution in [3.05, 3.63) is 54.4 Å².